The molecular formula is C10H13ClN2O4. The lowest BCUT2D eigenvalue weighted by Crippen LogP contribution is -2.24. The van der Waals surface area contributed by atoms with Crippen LogP contribution < -0.4 is 5.32 Å². The van der Waals surface area contributed by atoms with E-state index in [2.05, 4.69) is 5.32 Å². The topological polar surface area (TPSA) is 84.6 Å². The minimum Gasteiger partial charge on any atom is -0.389 e. The number of nitrogens with one attached hydrogen (secondary N) is 1. The Kier molecular flexibility index (Phi) is 5.14. The number of nitro benzene ring substituents is 1. The van der Waals surface area contributed by atoms with Crippen LogP contribution >= 0.6 is 11.6 Å². The summed E-state index contributed by atoms with van der Waals surface area (Å²) in [5.74, 6) is 0. The molecule has 0 bridgehead atoms. The third-order valence-electron chi connectivity index (χ3n) is 2.05. The van der Waals surface area contributed by atoms with Gasteiger partial charge in [-0.05, 0) is 6.07 Å². The lowest BCUT2D eigenvalue weighted by molar-refractivity contribution is -0.384. The second kappa shape index (κ2) is 6.39. The maximum absolute atomic E-state index is 10.5. The van der Waals surface area contributed by atoms with Crippen LogP contribution in [0.25, 0.3) is 0 Å². The molecule has 1 rings (SSSR count). The summed E-state index contributed by atoms with van der Waals surface area (Å²) in [4.78, 5) is 9.97. The van der Waals surface area contributed by atoms with E-state index < -0.39 is 11.0 Å². The van der Waals surface area contributed by atoms with Crippen LogP contribution in [0.3, 0.4) is 0 Å². The lowest BCUT2D eigenvalue weighted by Gasteiger charge is -2.12. The number of anilines is 1. The lowest BCUT2D eigenvalue weighted by atomic mass is 10.2. The standard InChI is InChI=1S/C10H13ClN2O4/c1-17-6-8(14)5-12-10-3-2-7(13(15)16)4-9(10)11/h2-4,8,12,14H,5-6H2,1H3. The van der Waals surface area contributed by atoms with Gasteiger partial charge in [-0.2, -0.15) is 0 Å². The number of nitrogens with zero attached hydrogens (tertiary/aromatic N) is 1. The number of non-ortho nitro benzene ring substituents is 1. The first-order chi connectivity index (χ1) is 8.04. The van der Waals surface area contributed by atoms with Crippen molar-refractivity contribution in [2.75, 3.05) is 25.6 Å². The van der Waals surface area contributed by atoms with Gasteiger partial charge >= 0.3 is 0 Å². The molecule has 0 saturated heterocycles. The SMILES string of the molecule is COCC(O)CNc1ccc([N+](=O)[O-])cc1Cl. The van der Waals surface area contributed by atoms with Gasteiger partial charge in [0.05, 0.1) is 28.3 Å². The fourth-order valence-electron chi connectivity index (χ4n) is 1.24. The molecule has 7 heteroatoms. The van der Waals surface area contributed by atoms with Gasteiger partial charge < -0.3 is 15.2 Å². The maximum atomic E-state index is 10.5. The van der Waals surface area contributed by atoms with Crippen molar-refractivity contribution in [1.29, 1.82) is 0 Å². The predicted octanol–water partition coefficient (Wildman–Crippen LogP) is 1.67. The van der Waals surface area contributed by atoms with Gasteiger partial charge in [-0.3, -0.25) is 10.1 Å². The van der Waals surface area contributed by atoms with Gasteiger partial charge in [0.2, 0.25) is 0 Å². The summed E-state index contributed by atoms with van der Waals surface area (Å²) in [5.41, 5.74) is 0.463. The second-order valence-electron chi connectivity index (χ2n) is 3.41. The number of hydrogen-bond acceptors (Lipinski definition) is 5. The number of benzene rings is 1. The summed E-state index contributed by atoms with van der Waals surface area (Å²) in [6, 6.07) is 4.10. The zero-order valence-electron chi connectivity index (χ0n) is 9.22. The van der Waals surface area contributed by atoms with Crippen LogP contribution in [0, 0.1) is 10.1 Å². The Bertz CT molecular complexity index is 400. The summed E-state index contributed by atoms with van der Waals surface area (Å²) >= 11 is 5.85. The second-order valence-corrected chi connectivity index (χ2v) is 3.82. The Morgan fingerprint density at radius 3 is 2.88 bits per heavy atom. The van der Waals surface area contributed by atoms with Crippen molar-refractivity contribution in [2.24, 2.45) is 0 Å². The third kappa shape index (κ3) is 4.18. The third-order valence-corrected chi connectivity index (χ3v) is 2.36. The molecule has 0 saturated carbocycles. The average Bonchev–Trinajstić information content (AvgIpc) is 2.27. The fraction of sp³-hybridized carbons (Fsp3) is 0.400. The van der Waals surface area contributed by atoms with E-state index in [9.17, 15) is 15.2 Å². The Balaban J connectivity index is 2.63. The summed E-state index contributed by atoms with van der Waals surface area (Å²) in [6.07, 6.45) is -0.661. The van der Waals surface area contributed by atoms with E-state index in [1.54, 1.807) is 0 Å². The average molecular weight is 261 g/mol. The molecule has 0 aromatic heterocycles. The minimum atomic E-state index is -0.661. The highest BCUT2D eigenvalue weighted by atomic mass is 35.5. The molecule has 0 spiro atoms. The zero-order chi connectivity index (χ0) is 12.8. The molecule has 6 nitrogen and oxygen atoms in total. The van der Waals surface area contributed by atoms with Crippen LogP contribution in [0.4, 0.5) is 11.4 Å². The molecule has 1 unspecified atom stereocenters. The van der Waals surface area contributed by atoms with E-state index in [4.69, 9.17) is 16.3 Å². The highest BCUT2D eigenvalue weighted by Crippen LogP contribution is 2.26. The number of nitro groups is 1. The van der Waals surface area contributed by atoms with Gasteiger partial charge in [-0.25, -0.2) is 0 Å². The molecule has 0 amide bonds. The zero-order valence-corrected chi connectivity index (χ0v) is 9.98. The van der Waals surface area contributed by atoms with E-state index in [1.807, 2.05) is 0 Å². The van der Waals surface area contributed by atoms with E-state index in [0.717, 1.165) is 0 Å². The van der Waals surface area contributed by atoms with Gasteiger partial charge in [0, 0.05) is 25.8 Å². The van der Waals surface area contributed by atoms with Crippen molar-refractivity contribution in [3.8, 4) is 0 Å². The van der Waals surface area contributed by atoms with Crippen LogP contribution in [0.2, 0.25) is 5.02 Å². The summed E-state index contributed by atoms with van der Waals surface area (Å²) in [6.45, 7) is 0.461. The first-order valence-corrected chi connectivity index (χ1v) is 5.27. The normalized spacial score (nSPS) is 12.2. The highest BCUT2D eigenvalue weighted by Gasteiger charge is 2.10. The molecule has 1 aromatic carbocycles. The van der Waals surface area contributed by atoms with Gasteiger partial charge in [0.1, 0.15) is 0 Å². The number of ether oxygens (including phenoxy) is 1. The summed E-state index contributed by atoms with van der Waals surface area (Å²) < 4.78 is 4.76. The van der Waals surface area contributed by atoms with Crippen LogP contribution in [0.1, 0.15) is 0 Å². The number of hydrogen-bond donors (Lipinski definition) is 2. The van der Waals surface area contributed by atoms with Crippen molar-refractivity contribution in [1.82, 2.24) is 0 Å². The van der Waals surface area contributed by atoms with Crippen molar-refractivity contribution in [3.05, 3.63) is 33.3 Å². The van der Waals surface area contributed by atoms with Crippen molar-refractivity contribution in [3.63, 3.8) is 0 Å². The van der Waals surface area contributed by atoms with Crippen LogP contribution in [-0.4, -0.2) is 36.4 Å². The van der Waals surface area contributed by atoms with Crippen molar-refractivity contribution >= 4 is 23.0 Å². The number of rotatable bonds is 6. The molecule has 0 radical (unpaired) electrons. The molecule has 0 aliphatic heterocycles. The highest BCUT2D eigenvalue weighted by molar-refractivity contribution is 6.33. The van der Waals surface area contributed by atoms with Crippen LogP contribution in [-0.2, 0) is 4.74 Å². The quantitative estimate of drug-likeness (QED) is 0.600. The van der Waals surface area contributed by atoms with Gasteiger partial charge in [0.25, 0.3) is 5.69 Å². The smallest absolute Gasteiger partial charge is 0.271 e. The Hall–Kier alpha value is -1.37. The maximum Gasteiger partial charge on any atom is 0.271 e. The molecule has 0 heterocycles. The van der Waals surface area contributed by atoms with Gasteiger partial charge in [-0.1, -0.05) is 11.6 Å². The van der Waals surface area contributed by atoms with E-state index >= 15 is 0 Å². The van der Waals surface area contributed by atoms with Crippen molar-refractivity contribution < 1.29 is 14.8 Å². The molecule has 1 aromatic rings. The largest absolute Gasteiger partial charge is 0.389 e. The Labute approximate surface area is 103 Å². The number of aliphatic hydroxyl groups is 1. The fourth-order valence-corrected chi connectivity index (χ4v) is 1.48. The van der Waals surface area contributed by atoms with Crippen molar-refractivity contribution in [2.45, 2.75) is 6.10 Å². The van der Waals surface area contributed by atoms with E-state index in [-0.39, 0.29) is 23.9 Å². The molecule has 0 aliphatic carbocycles. The molecular weight excluding hydrogens is 248 g/mol. The monoisotopic (exact) mass is 260 g/mol. The molecule has 94 valence electrons. The summed E-state index contributed by atoms with van der Waals surface area (Å²) in [7, 11) is 1.49. The minimum absolute atomic E-state index is 0.0713. The molecule has 17 heavy (non-hydrogen) atoms. The van der Waals surface area contributed by atoms with Crippen LogP contribution in [0.15, 0.2) is 18.2 Å². The first-order valence-electron chi connectivity index (χ1n) is 4.89. The summed E-state index contributed by atoms with van der Waals surface area (Å²) in [5, 5.41) is 23.0. The van der Waals surface area contributed by atoms with Crippen LogP contribution in [0.5, 0.6) is 0 Å². The van der Waals surface area contributed by atoms with E-state index in [0.29, 0.717) is 5.69 Å². The number of methoxy groups -OCH3 is 1. The van der Waals surface area contributed by atoms with Gasteiger partial charge in [-0.15, -0.1) is 0 Å². The number of aliphatic hydroxyl groups excluding tert-OH is 1. The Morgan fingerprint density at radius 1 is 1.65 bits per heavy atom. The van der Waals surface area contributed by atoms with E-state index in [1.165, 1.54) is 25.3 Å². The van der Waals surface area contributed by atoms with Gasteiger partial charge in [0.15, 0.2) is 0 Å². The number of halogens is 1. The molecule has 2 N–H and O–H groups in total. The predicted molar refractivity (Wildman–Crippen MR) is 64.5 cm³/mol. The first kappa shape index (κ1) is 13.7. The Morgan fingerprint density at radius 2 is 2.35 bits per heavy atom. The molecule has 0 fully saturated rings. The molecule has 0 aliphatic rings. The molecule has 1 atom stereocenters.